The van der Waals surface area contributed by atoms with Crippen molar-refractivity contribution in [1.82, 2.24) is 9.78 Å². The average Bonchev–Trinajstić information content (AvgIpc) is 2.29. The van der Waals surface area contributed by atoms with E-state index in [9.17, 15) is 0 Å². The summed E-state index contributed by atoms with van der Waals surface area (Å²) in [5.41, 5.74) is 1.06. The molecule has 0 saturated heterocycles. The van der Waals surface area contributed by atoms with Crippen LogP contribution in [-0.2, 0) is 12.5 Å². The van der Waals surface area contributed by atoms with E-state index in [0.29, 0.717) is 0 Å². The first-order valence-electron chi connectivity index (χ1n) is 4.03. The van der Waals surface area contributed by atoms with Gasteiger partial charge in [-0.1, -0.05) is 20.8 Å². The number of hydrogen-bond acceptors (Lipinski definition) is 2. The minimum Gasteiger partial charge on any atom is -0.493 e. The number of methoxy groups -OCH3 is 1. The van der Waals surface area contributed by atoms with E-state index in [0.717, 1.165) is 11.4 Å². The Kier molecular flexibility index (Phi) is 2.13. The van der Waals surface area contributed by atoms with Crippen LogP contribution < -0.4 is 4.74 Å². The van der Waals surface area contributed by atoms with E-state index >= 15 is 0 Å². The molecule has 0 aliphatic rings. The van der Waals surface area contributed by atoms with Gasteiger partial charge < -0.3 is 4.74 Å². The fourth-order valence-electron chi connectivity index (χ4n) is 1.14. The lowest BCUT2D eigenvalue weighted by Gasteiger charge is -2.16. The predicted molar refractivity (Wildman–Crippen MR) is 48.5 cm³/mol. The molecular formula is C9H16N2O. The first-order chi connectivity index (χ1) is 5.45. The molecule has 0 atom stereocenters. The summed E-state index contributed by atoms with van der Waals surface area (Å²) in [6, 6.07) is 0. The maximum Gasteiger partial charge on any atom is 0.160 e. The summed E-state index contributed by atoms with van der Waals surface area (Å²) in [5, 5.41) is 4.34. The smallest absolute Gasteiger partial charge is 0.160 e. The lowest BCUT2D eigenvalue weighted by Crippen LogP contribution is -2.13. The highest BCUT2D eigenvalue weighted by atomic mass is 16.5. The van der Waals surface area contributed by atoms with E-state index < -0.39 is 0 Å². The molecule has 0 aliphatic carbocycles. The van der Waals surface area contributed by atoms with Crippen LogP contribution in [0.25, 0.3) is 0 Å². The summed E-state index contributed by atoms with van der Waals surface area (Å²) in [6.07, 6.45) is 1.89. The van der Waals surface area contributed by atoms with E-state index in [4.69, 9.17) is 4.74 Å². The summed E-state index contributed by atoms with van der Waals surface area (Å²) < 4.78 is 6.99. The third-order valence-electron chi connectivity index (χ3n) is 1.73. The van der Waals surface area contributed by atoms with Gasteiger partial charge in [-0.3, -0.25) is 4.68 Å². The molecule has 0 N–H and O–H groups in total. The summed E-state index contributed by atoms with van der Waals surface area (Å²) in [4.78, 5) is 0. The first-order valence-corrected chi connectivity index (χ1v) is 4.03. The van der Waals surface area contributed by atoms with Crippen LogP contribution in [0.2, 0.25) is 0 Å². The van der Waals surface area contributed by atoms with Crippen LogP contribution in [0.3, 0.4) is 0 Å². The molecule has 0 unspecified atom stereocenters. The second-order valence-electron chi connectivity index (χ2n) is 3.97. The van der Waals surface area contributed by atoms with Crippen molar-refractivity contribution in [2.24, 2.45) is 7.05 Å². The Labute approximate surface area is 73.3 Å². The highest BCUT2D eigenvalue weighted by molar-refractivity contribution is 5.30. The summed E-state index contributed by atoms with van der Waals surface area (Å²) in [5.74, 6) is 0.866. The second kappa shape index (κ2) is 2.81. The van der Waals surface area contributed by atoms with E-state index in [1.807, 2.05) is 13.2 Å². The predicted octanol–water partition coefficient (Wildman–Crippen LogP) is 1.73. The molecule has 0 saturated carbocycles. The Balaban J connectivity index is 3.13. The Morgan fingerprint density at radius 2 is 2.00 bits per heavy atom. The highest BCUT2D eigenvalue weighted by Gasteiger charge is 2.22. The van der Waals surface area contributed by atoms with Crippen molar-refractivity contribution in [3.8, 4) is 5.75 Å². The Bertz CT molecular complexity index is 271. The van der Waals surface area contributed by atoms with Gasteiger partial charge in [0.15, 0.2) is 5.75 Å². The Hall–Kier alpha value is -0.990. The SMILES string of the molecule is COc1cn(C)nc1C(C)(C)C. The minimum absolute atomic E-state index is 0.0482. The topological polar surface area (TPSA) is 27.1 Å². The van der Waals surface area contributed by atoms with Crippen molar-refractivity contribution in [1.29, 1.82) is 0 Å². The zero-order chi connectivity index (χ0) is 9.35. The van der Waals surface area contributed by atoms with Gasteiger partial charge in [0.25, 0.3) is 0 Å². The van der Waals surface area contributed by atoms with Crippen molar-refractivity contribution >= 4 is 0 Å². The van der Waals surface area contributed by atoms with E-state index in [1.165, 1.54) is 0 Å². The fraction of sp³-hybridized carbons (Fsp3) is 0.667. The van der Waals surface area contributed by atoms with Crippen molar-refractivity contribution in [3.63, 3.8) is 0 Å². The molecular weight excluding hydrogens is 152 g/mol. The number of ether oxygens (including phenoxy) is 1. The molecule has 3 nitrogen and oxygen atoms in total. The van der Waals surface area contributed by atoms with E-state index in [1.54, 1.807) is 11.8 Å². The third kappa shape index (κ3) is 1.60. The summed E-state index contributed by atoms with van der Waals surface area (Å²) in [6.45, 7) is 6.37. The summed E-state index contributed by atoms with van der Waals surface area (Å²) in [7, 11) is 3.57. The number of aryl methyl sites for hydroxylation is 1. The van der Waals surface area contributed by atoms with Gasteiger partial charge in [-0.2, -0.15) is 5.10 Å². The lowest BCUT2D eigenvalue weighted by molar-refractivity contribution is 0.396. The zero-order valence-corrected chi connectivity index (χ0v) is 8.38. The largest absolute Gasteiger partial charge is 0.493 e. The molecule has 0 bridgehead atoms. The molecule has 0 radical (unpaired) electrons. The van der Waals surface area contributed by atoms with Crippen molar-refractivity contribution in [2.75, 3.05) is 7.11 Å². The molecule has 0 aliphatic heterocycles. The zero-order valence-electron chi connectivity index (χ0n) is 8.38. The van der Waals surface area contributed by atoms with Crippen LogP contribution in [0.5, 0.6) is 5.75 Å². The molecule has 0 aromatic carbocycles. The molecule has 3 heteroatoms. The van der Waals surface area contributed by atoms with Gasteiger partial charge in [0.05, 0.1) is 13.3 Å². The van der Waals surface area contributed by atoms with E-state index in [-0.39, 0.29) is 5.41 Å². The number of rotatable bonds is 1. The normalized spacial score (nSPS) is 11.8. The fourth-order valence-corrected chi connectivity index (χ4v) is 1.14. The highest BCUT2D eigenvalue weighted by Crippen LogP contribution is 2.28. The molecule has 1 aromatic heterocycles. The van der Waals surface area contributed by atoms with Crippen LogP contribution in [0.15, 0.2) is 6.20 Å². The van der Waals surface area contributed by atoms with Crippen LogP contribution in [-0.4, -0.2) is 16.9 Å². The van der Waals surface area contributed by atoms with Gasteiger partial charge >= 0.3 is 0 Å². The van der Waals surface area contributed by atoms with Gasteiger partial charge in [-0.25, -0.2) is 0 Å². The lowest BCUT2D eigenvalue weighted by atomic mass is 9.92. The maximum absolute atomic E-state index is 5.21. The third-order valence-corrected chi connectivity index (χ3v) is 1.73. The van der Waals surface area contributed by atoms with Gasteiger partial charge in [0, 0.05) is 12.5 Å². The quantitative estimate of drug-likeness (QED) is 0.638. The average molecular weight is 168 g/mol. The molecule has 1 aromatic rings. The maximum atomic E-state index is 5.21. The van der Waals surface area contributed by atoms with Crippen molar-refractivity contribution in [2.45, 2.75) is 26.2 Å². The number of nitrogens with zero attached hydrogens (tertiary/aromatic N) is 2. The molecule has 0 amide bonds. The van der Waals surface area contributed by atoms with E-state index in [2.05, 4.69) is 25.9 Å². The molecule has 0 fully saturated rings. The molecule has 1 heterocycles. The van der Waals surface area contributed by atoms with Crippen molar-refractivity contribution < 1.29 is 4.74 Å². The molecule has 0 spiro atoms. The Morgan fingerprint density at radius 3 is 2.33 bits per heavy atom. The minimum atomic E-state index is 0.0482. The van der Waals surface area contributed by atoms with Gasteiger partial charge in [-0.05, 0) is 0 Å². The number of hydrogen-bond donors (Lipinski definition) is 0. The first kappa shape index (κ1) is 9.10. The standard InChI is InChI=1S/C9H16N2O/c1-9(2,3)8-7(12-5)6-11(4)10-8/h6H,1-5H3. The monoisotopic (exact) mass is 168 g/mol. The van der Waals surface area contributed by atoms with Crippen molar-refractivity contribution in [3.05, 3.63) is 11.9 Å². The van der Waals surface area contributed by atoms with Crippen LogP contribution in [0.1, 0.15) is 26.5 Å². The van der Waals surface area contributed by atoms with Gasteiger partial charge in [0.1, 0.15) is 5.69 Å². The summed E-state index contributed by atoms with van der Waals surface area (Å²) >= 11 is 0. The molecule has 68 valence electrons. The van der Waals surface area contributed by atoms with Crippen LogP contribution in [0.4, 0.5) is 0 Å². The molecule has 12 heavy (non-hydrogen) atoms. The Morgan fingerprint density at radius 1 is 1.42 bits per heavy atom. The number of aromatic nitrogens is 2. The van der Waals surface area contributed by atoms with Gasteiger partial charge in [-0.15, -0.1) is 0 Å². The van der Waals surface area contributed by atoms with Crippen LogP contribution >= 0.6 is 0 Å². The van der Waals surface area contributed by atoms with Crippen LogP contribution in [0, 0.1) is 0 Å². The molecule has 1 rings (SSSR count). The van der Waals surface area contributed by atoms with Gasteiger partial charge in [0.2, 0.25) is 0 Å². The second-order valence-corrected chi connectivity index (χ2v) is 3.97.